The van der Waals surface area contributed by atoms with Crippen molar-refractivity contribution >= 4 is 5.91 Å². The minimum Gasteiger partial charge on any atom is -0.267 e. The van der Waals surface area contributed by atoms with Crippen LogP contribution in [0.1, 0.15) is 21.7 Å². The normalized spacial score (nSPS) is 13.7. The van der Waals surface area contributed by atoms with Crippen molar-refractivity contribution < 1.29 is 48.7 Å². The number of benzene rings is 1. The Morgan fingerprint density at radius 2 is 1.37 bits per heavy atom. The van der Waals surface area contributed by atoms with Gasteiger partial charge in [-0.3, -0.25) is 4.79 Å². The summed E-state index contributed by atoms with van der Waals surface area (Å²) in [5, 5.41) is 2.48. The summed E-state index contributed by atoms with van der Waals surface area (Å²) in [6.45, 7) is 0. The molecule has 2 aromatic rings. The summed E-state index contributed by atoms with van der Waals surface area (Å²) in [6, 6.07) is 4.75. The molecule has 0 aliphatic rings. The molecule has 3 nitrogen and oxygen atoms in total. The molecule has 0 saturated heterocycles. The van der Waals surface area contributed by atoms with Gasteiger partial charge in [0.2, 0.25) is 0 Å². The van der Waals surface area contributed by atoms with Crippen LogP contribution >= 0.6 is 0 Å². The first-order valence-electron chi connectivity index (χ1n) is 6.70. The molecule has 0 radical (unpaired) electrons. The topological polar surface area (TPSA) is 34.9 Å². The number of hydrogen-bond donors (Lipinski definition) is 0. The lowest BCUT2D eigenvalue weighted by atomic mass is 10.1. The van der Waals surface area contributed by atoms with Crippen LogP contribution in [0.3, 0.4) is 0 Å². The van der Waals surface area contributed by atoms with Crippen molar-refractivity contribution in [3.05, 3.63) is 53.3 Å². The van der Waals surface area contributed by atoms with Gasteiger partial charge in [-0.05, 0) is 18.2 Å². The minimum absolute atomic E-state index is 0.568. The minimum atomic E-state index is -6.81. The van der Waals surface area contributed by atoms with E-state index >= 15 is 0 Å². The molecule has 0 bridgehead atoms. The van der Waals surface area contributed by atoms with Gasteiger partial charge in [-0.15, -0.1) is 0 Å². The van der Waals surface area contributed by atoms with E-state index in [0.29, 0.717) is 0 Å². The summed E-state index contributed by atoms with van der Waals surface area (Å²) in [4.78, 5) is 12.1. The van der Waals surface area contributed by atoms with E-state index in [0.717, 1.165) is 24.3 Å². The number of alkyl halides is 10. The van der Waals surface area contributed by atoms with E-state index < -0.39 is 57.8 Å². The Labute approximate surface area is 143 Å². The van der Waals surface area contributed by atoms with Gasteiger partial charge in [0, 0.05) is 5.56 Å². The van der Waals surface area contributed by atoms with Gasteiger partial charge in [-0.2, -0.15) is 53.7 Å². The lowest BCUT2D eigenvalue weighted by Crippen LogP contribution is -2.51. The molecule has 2 rings (SSSR count). The smallest absolute Gasteiger partial charge is 0.267 e. The van der Waals surface area contributed by atoms with Crippen molar-refractivity contribution in [2.45, 2.75) is 24.2 Å². The molecule has 0 aliphatic carbocycles. The Balaban J connectivity index is 2.72. The number of carbonyl (C=O) groups is 1. The second-order valence-corrected chi connectivity index (χ2v) is 5.14. The Hall–Kier alpha value is -2.60. The van der Waals surface area contributed by atoms with Gasteiger partial charge in [-0.1, -0.05) is 18.2 Å². The van der Waals surface area contributed by atoms with Crippen LogP contribution in [0.5, 0.6) is 0 Å². The fourth-order valence-corrected chi connectivity index (χ4v) is 1.94. The maximum absolute atomic E-state index is 13.9. The average molecular weight is 408 g/mol. The predicted octanol–water partition coefficient (Wildman–Crippen LogP) is 4.88. The second-order valence-electron chi connectivity index (χ2n) is 5.14. The molecule has 0 spiro atoms. The Bertz CT molecular complexity index is 836. The molecule has 148 valence electrons. The van der Waals surface area contributed by atoms with E-state index in [2.05, 4.69) is 5.10 Å². The largest absolute Gasteiger partial charge is 0.460 e. The van der Waals surface area contributed by atoms with Crippen LogP contribution in [0.15, 0.2) is 36.4 Å². The third kappa shape index (κ3) is 3.49. The second kappa shape index (κ2) is 6.23. The third-order valence-electron chi connectivity index (χ3n) is 3.28. The summed E-state index contributed by atoms with van der Waals surface area (Å²) < 4.78 is 129. The zero-order valence-corrected chi connectivity index (χ0v) is 12.5. The number of aromatic nitrogens is 2. The molecule has 0 saturated carbocycles. The molecular formula is C14H6F10N2O. The van der Waals surface area contributed by atoms with Gasteiger partial charge in [0.05, 0.1) is 0 Å². The van der Waals surface area contributed by atoms with E-state index in [1.165, 1.54) is 6.07 Å². The van der Waals surface area contributed by atoms with Crippen LogP contribution in [0.25, 0.3) is 0 Å². The molecular weight excluding hydrogens is 402 g/mol. The van der Waals surface area contributed by atoms with Gasteiger partial charge in [0.25, 0.3) is 5.91 Å². The highest BCUT2D eigenvalue weighted by Gasteiger charge is 2.75. The molecule has 0 aliphatic heterocycles. The van der Waals surface area contributed by atoms with Gasteiger partial charge in [-0.25, -0.2) is 0 Å². The summed E-state index contributed by atoms with van der Waals surface area (Å²) in [6.07, 6.45) is -12.3. The van der Waals surface area contributed by atoms with Crippen molar-refractivity contribution in [2.24, 2.45) is 0 Å². The number of rotatable bonds is 3. The Morgan fingerprint density at radius 3 is 1.81 bits per heavy atom. The Morgan fingerprint density at radius 1 is 0.852 bits per heavy atom. The fraction of sp³-hybridized carbons (Fsp3) is 0.286. The third-order valence-corrected chi connectivity index (χ3v) is 3.28. The molecule has 1 aromatic carbocycles. The van der Waals surface area contributed by atoms with E-state index in [9.17, 15) is 48.7 Å². The monoisotopic (exact) mass is 408 g/mol. The molecule has 1 heterocycles. The number of nitrogens with zero attached hydrogens (tertiary/aromatic N) is 2. The highest BCUT2D eigenvalue weighted by atomic mass is 19.4. The van der Waals surface area contributed by atoms with E-state index in [4.69, 9.17) is 0 Å². The van der Waals surface area contributed by atoms with Crippen molar-refractivity contribution in [3.8, 4) is 0 Å². The van der Waals surface area contributed by atoms with Crippen molar-refractivity contribution in [1.29, 1.82) is 0 Å². The lowest BCUT2D eigenvalue weighted by molar-refractivity contribution is -0.360. The molecule has 0 fully saturated rings. The van der Waals surface area contributed by atoms with E-state index in [1.807, 2.05) is 0 Å². The lowest BCUT2D eigenvalue weighted by Gasteiger charge is -2.28. The van der Waals surface area contributed by atoms with Crippen LogP contribution in [0, 0.1) is 0 Å². The number of halogens is 10. The SMILES string of the molecule is O=C(c1ccccc1)n1nc(C(F)(F)F)cc1C(F)(F)C(F)(F)C(F)(F)F. The zero-order chi connectivity index (χ0) is 20.8. The number of carbonyl (C=O) groups excluding carboxylic acids is 1. The molecule has 0 unspecified atom stereocenters. The number of hydrogen-bond acceptors (Lipinski definition) is 2. The average Bonchev–Trinajstić information content (AvgIpc) is 3.00. The maximum atomic E-state index is 13.9. The highest BCUT2D eigenvalue weighted by Crippen LogP contribution is 2.52. The van der Waals surface area contributed by atoms with Crippen molar-refractivity contribution in [3.63, 3.8) is 0 Å². The van der Waals surface area contributed by atoms with Crippen LogP contribution in [-0.4, -0.2) is 27.8 Å². The van der Waals surface area contributed by atoms with Crippen LogP contribution in [0.2, 0.25) is 0 Å². The maximum Gasteiger partial charge on any atom is 0.460 e. The van der Waals surface area contributed by atoms with Crippen molar-refractivity contribution in [1.82, 2.24) is 9.78 Å². The van der Waals surface area contributed by atoms with Gasteiger partial charge < -0.3 is 0 Å². The van der Waals surface area contributed by atoms with Gasteiger partial charge >= 0.3 is 24.2 Å². The molecule has 1 aromatic heterocycles. The Kier molecular flexibility index (Phi) is 4.78. The fourth-order valence-electron chi connectivity index (χ4n) is 1.94. The van der Waals surface area contributed by atoms with Crippen LogP contribution in [-0.2, 0) is 12.1 Å². The molecule has 0 amide bonds. The van der Waals surface area contributed by atoms with Gasteiger partial charge in [0.15, 0.2) is 5.69 Å². The summed E-state index contributed by atoms with van der Waals surface area (Å²) in [5.41, 5.74) is -5.35. The zero-order valence-electron chi connectivity index (χ0n) is 12.5. The first-order valence-corrected chi connectivity index (χ1v) is 6.70. The first kappa shape index (κ1) is 20.7. The molecule has 13 heteroatoms. The summed E-state index contributed by atoms with van der Waals surface area (Å²) in [5.74, 6) is -14.7. The summed E-state index contributed by atoms with van der Waals surface area (Å²) in [7, 11) is 0. The first-order chi connectivity index (χ1) is 12.1. The van der Waals surface area contributed by atoms with Gasteiger partial charge in [0.1, 0.15) is 5.69 Å². The van der Waals surface area contributed by atoms with Crippen molar-refractivity contribution in [2.75, 3.05) is 0 Å². The molecule has 0 atom stereocenters. The molecule has 0 N–H and O–H groups in total. The standard InChI is InChI=1S/C14H6F10N2O/c15-11(16,13(20,21)14(22,23)24)9-6-8(12(17,18)19)25-26(9)10(27)7-4-2-1-3-5-7/h1-6H. The van der Waals surface area contributed by atoms with E-state index in [-0.39, 0.29) is 0 Å². The molecule has 27 heavy (non-hydrogen) atoms. The van der Waals surface area contributed by atoms with Crippen LogP contribution < -0.4 is 0 Å². The van der Waals surface area contributed by atoms with E-state index in [1.54, 1.807) is 0 Å². The highest BCUT2D eigenvalue weighted by molar-refractivity contribution is 5.95. The summed E-state index contributed by atoms with van der Waals surface area (Å²) >= 11 is 0. The van der Waals surface area contributed by atoms with Crippen LogP contribution in [0.4, 0.5) is 43.9 Å². The predicted molar refractivity (Wildman–Crippen MR) is 68.3 cm³/mol. The quantitative estimate of drug-likeness (QED) is 0.679.